The maximum atomic E-state index is 12.9. The molecule has 0 bridgehead atoms. The molecular formula is C17H20N6O2. The van der Waals surface area contributed by atoms with Crippen LogP contribution in [0, 0.1) is 0 Å². The second kappa shape index (κ2) is 6.54. The summed E-state index contributed by atoms with van der Waals surface area (Å²) in [6.45, 7) is 1.40. The number of hydrogen-bond acceptors (Lipinski definition) is 4. The van der Waals surface area contributed by atoms with Gasteiger partial charge in [-0.1, -0.05) is 17.3 Å². The molecule has 0 saturated carbocycles. The molecule has 25 heavy (non-hydrogen) atoms. The van der Waals surface area contributed by atoms with E-state index in [0.29, 0.717) is 6.54 Å². The smallest absolute Gasteiger partial charge is 0.326 e. The van der Waals surface area contributed by atoms with Crippen molar-refractivity contribution in [2.45, 2.75) is 38.4 Å². The summed E-state index contributed by atoms with van der Waals surface area (Å²) >= 11 is 0. The van der Waals surface area contributed by atoms with E-state index in [0.717, 1.165) is 36.8 Å². The van der Waals surface area contributed by atoms with E-state index in [1.165, 1.54) is 4.57 Å². The molecule has 8 heteroatoms. The number of H-pyrrole nitrogens is 1. The summed E-state index contributed by atoms with van der Waals surface area (Å²) in [5.41, 5.74) is 1.25. The minimum Gasteiger partial charge on any atom is -0.336 e. The van der Waals surface area contributed by atoms with Gasteiger partial charge < -0.3 is 9.88 Å². The average Bonchev–Trinajstić information content (AvgIpc) is 3.24. The number of nitrogens with one attached hydrogen (secondary N) is 1. The molecule has 8 nitrogen and oxygen atoms in total. The minimum absolute atomic E-state index is 0.0309. The minimum atomic E-state index is -0.251. The van der Waals surface area contributed by atoms with Crippen molar-refractivity contribution >= 4 is 16.9 Å². The number of aromatic amines is 1. The van der Waals surface area contributed by atoms with Gasteiger partial charge in [0, 0.05) is 12.7 Å². The van der Waals surface area contributed by atoms with Gasteiger partial charge in [-0.25, -0.2) is 4.79 Å². The zero-order valence-electron chi connectivity index (χ0n) is 13.8. The van der Waals surface area contributed by atoms with E-state index in [9.17, 15) is 9.59 Å². The van der Waals surface area contributed by atoms with Gasteiger partial charge in [0.25, 0.3) is 0 Å². The summed E-state index contributed by atoms with van der Waals surface area (Å²) in [5.74, 6) is -0.0309. The first-order valence-electron chi connectivity index (χ1n) is 8.53. The highest BCUT2D eigenvalue weighted by atomic mass is 16.2. The Kier molecular flexibility index (Phi) is 4.09. The Bertz CT molecular complexity index is 926. The highest BCUT2D eigenvalue weighted by Crippen LogP contribution is 2.19. The molecule has 3 heterocycles. The molecule has 2 aromatic heterocycles. The van der Waals surface area contributed by atoms with Gasteiger partial charge in [0.1, 0.15) is 6.54 Å². The lowest BCUT2D eigenvalue weighted by Crippen LogP contribution is -2.47. The van der Waals surface area contributed by atoms with Crippen molar-refractivity contribution in [3.8, 4) is 0 Å². The average molecular weight is 340 g/mol. The van der Waals surface area contributed by atoms with Crippen LogP contribution in [0.5, 0.6) is 0 Å². The van der Waals surface area contributed by atoms with Crippen LogP contribution in [0.3, 0.4) is 0 Å². The van der Waals surface area contributed by atoms with Gasteiger partial charge in [0.2, 0.25) is 5.91 Å². The third kappa shape index (κ3) is 3.07. The van der Waals surface area contributed by atoms with Crippen molar-refractivity contribution < 1.29 is 4.79 Å². The van der Waals surface area contributed by atoms with Crippen molar-refractivity contribution in [1.82, 2.24) is 29.4 Å². The van der Waals surface area contributed by atoms with Gasteiger partial charge in [-0.15, -0.1) is 5.10 Å². The van der Waals surface area contributed by atoms with Crippen molar-refractivity contribution in [1.29, 1.82) is 0 Å². The molecule has 1 amide bonds. The van der Waals surface area contributed by atoms with Crippen LogP contribution in [0.15, 0.2) is 41.5 Å². The lowest BCUT2D eigenvalue weighted by Gasteiger charge is -2.35. The number of benzene rings is 1. The number of hydrogen-bond donors (Lipinski definition) is 1. The first-order chi connectivity index (χ1) is 12.2. The fourth-order valence-electron chi connectivity index (χ4n) is 3.55. The molecule has 1 saturated heterocycles. The molecule has 4 rings (SSSR count). The fraction of sp³-hybridized carbons (Fsp3) is 0.412. The summed E-state index contributed by atoms with van der Waals surface area (Å²) in [6, 6.07) is 7.51. The summed E-state index contributed by atoms with van der Waals surface area (Å²) in [4.78, 5) is 29.8. The predicted molar refractivity (Wildman–Crippen MR) is 91.9 cm³/mol. The van der Waals surface area contributed by atoms with Crippen LogP contribution < -0.4 is 5.69 Å². The van der Waals surface area contributed by atoms with Gasteiger partial charge in [0.05, 0.1) is 29.8 Å². The Balaban J connectivity index is 1.56. The number of aromatic nitrogens is 5. The topological polar surface area (TPSA) is 88.8 Å². The molecule has 0 radical (unpaired) electrons. The van der Waals surface area contributed by atoms with Crippen molar-refractivity contribution in [2.75, 3.05) is 6.54 Å². The molecule has 1 fully saturated rings. The highest BCUT2D eigenvalue weighted by molar-refractivity contribution is 5.80. The van der Waals surface area contributed by atoms with Gasteiger partial charge in [-0.2, -0.15) is 0 Å². The van der Waals surface area contributed by atoms with Crippen molar-refractivity contribution in [3.05, 3.63) is 47.1 Å². The van der Waals surface area contributed by atoms with Gasteiger partial charge >= 0.3 is 5.69 Å². The number of rotatable bonds is 4. The van der Waals surface area contributed by atoms with E-state index >= 15 is 0 Å². The van der Waals surface area contributed by atoms with Crippen LogP contribution in [-0.2, 0) is 17.9 Å². The Labute approximate surface area is 144 Å². The van der Waals surface area contributed by atoms with E-state index in [1.54, 1.807) is 17.1 Å². The molecule has 1 atom stereocenters. The Morgan fingerprint density at radius 3 is 3.00 bits per heavy atom. The monoisotopic (exact) mass is 340 g/mol. The van der Waals surface area contributed by atoms with Gasteiger partial charge in [0.15, 0.2) is 0 Å². The van der Waals surface area contributed by atoms with Crippen LogP contribution in [0.2, 0.25) is 0 Å². The first-order valence-corrected chi connectivity index (χ1v) is 8.53. The Morgan fingerprint density at radius 2 is 2.16 bits per heavy atom. The number of nitrogens with zero attached hydrogens (tertiary/aromatic N) is 5. The molecule has 0 aliphatic carbocycles. The Morgan fingerprint density at radius 1 is 1.28 bits per heavy atom. The van der Waals surface area contributed by atoms with Crippen LogP contribution in [0.4, 0.5) is 0 Å². The molecule has 1 N–H and O–H groups in total. The zero-order chi connectivity index (χ0) is 17.2. The van der Waals surface area contributed by atoms with Crippen LogP contribution in [0.25, 0.3) is 11.0 Å². The van der Waals surface area contributed by atoms with Crippen LogP contribution in [0.1, 0.15) is 19.3 Å². The summed E-state index contributed by atoms with van der Waals surface area (Å²) in [5, 5.41) is 7.83. The van der Waals surface area contributed by atoms with E-state index in [4.69, 9.17) is 0 Å². The number of piperidine rings is 1. The molecule has 0 spiro atoms. The van der Waals surface area contributed by atoms with E-state index < -0.39 is 0 Å². The number of amides is 1. The first kappa shape index (κ1) is 15.6. The van der Waals surface area contributed by atoms with Crippen molar-refractivity contribution in [3.63, 3.8) is 0 Å². The highest BCUT2D eigenvalue weighted by Gasteiger charge is 2.27. The number of fused-ring (bicyclic) bond motifs is 1. The summed E-state index contributed by atoms with van der Waals surface area (Å²) < 4.78 is 3.27. The van der Waals surface area contributed by atoms with Crippen LogP contribution in [-0.4, -0.2) is 47.9 Å². The number of para-hydroxylation sites is 2. The number of likely N-dealkylation sites (tertiary alicyclic amines) is 1. The second-order valence-corrected chi connectivity index (χ2v) is 6.40. The van der Waals surface area contributed by atoms with E-state index in [1.807, 2.05) is 29.2 Å². The second-order valence-electron chi connectivity index (χ2n) is 6.40. The van der Waals surface area contributed by atoms with Gasteiger partial charge in [-0.3, -0.25) is 14.0 Å². The molecule has 130 valence electrons. The van der Waals surface area contributed by atoms with E-state index in [-0.39, 0.29) is 24.2 Å². The predicted octanol–water partition coefficient (Wildman–Crippen LogP) is 1.00. The maximum Gasteiger partial charge on any atom is 0.326 e. The molecule has 1 aliphatic rings. The largest absolute Gasteiger partial charge is 0.336 e. The van der Waals surface area contributed by atoms with E-state index in [2.05, 4.69) is 15.3 Å². The molecule has 1 aromatic carbocycles. The van der Waals surface area contributed by atoms with Gasteiger partial charge in [-0.05, 0) is 31.4 Å². The third-order valence-corrected chi connectivity index (χ3v) is 4.79. The number of carbonyl (C=O) groups is 1. The fourth-order valence-corrected chi connectivity index (χ4v) is 3.55. The van der Waals surface area contributed by atoms with Crippen LogP contribution >= 0.6 is 0 Å². The quantitative estimate of drug-likeness (QED) is 0.767. The lowest BCUT2D eigenvalue weighted by molar-refractivity contribution is -0.135. The Hall–Kier alpha value is -2.90. The lowest BCUT2D eigenvalue weighted by atomic mass is 10.0. The molecular weight excluding hydrogens is 320 g/mol. The summed E-state index contributed by atoms with van der Waals surface area (Å²) in [6.07, 6.45) is 6.47. The summed E-state index contributed by atoms with van der Waals surface area (Å²) in [7, 11) is 0. The normalized spacial score (nSPS) is 17.9. The molecule has 3 aromatic rings. The number of carbonyl (C=O) groups excluding carboxylic acids is 1. The third-order valence-electron chi connectivity index (χ3n) is 4.79. The molecule has 0 unspecified atom stereocenters. The zero-order valence-corrected chi connectivity index (χ0v) is 13.8. The SMILES string of the molecule is O=C(Cn1c(=O)[nH]c2ccccc21)N1CCCC[C@H]1Cn1ccnn1. The standard InChI is InChI=1S/C17H20N6O2/c24-16(12-23-15-7-2-1-6-14(15)19-17(23)25)22-9-4-3-5-13(22)11-21-10-8-18-20-21/h1-2,6-8,10,13H,3-5,9,11-12H2,(H,19,25)/t13-/m0/s1. The molecule has 1 aliphatic heterocycles. The van der Waals surface area contributed by atoms with Crippen molar-refractivity contribution in [2.24, 2.45) is 0 Å². The maximum absolute atomic E-state index is 12.9. The number of imidazole rings is 1.